The minimum atomic E-state index is -0.338. The highest BCUT2D eigenvalue weighted by atomic mass is 16.5. The van der Waals surface area contributed by atoms with Crippen LogP contribution in [0.15, 0.2) is 22.8 Å². The van der Waals surface area contributed by atoms with Gasteiger partial charge < -0.3 is 24.5 Å². The lowest BCUT2D eigenvalue weighted by Crippen LogP contribution is -2.38. The summed E-state index contributed by atoms with van der Waals surface area (Å²) in [5.74, 6) is 0.0302. The molecule has 1 rings (SSSR count). The van der Waals surface area contributed by atoms with Gasteiger partial charge in [-0.1, -0.05) is 0 Å². The summed E-state index contributed by atoms with van der Waals surface area (Å²) in [4.78, 5) is 22.8. The predicted octanol–water partition coefficient (Wildman–Crippen LogP) is 0.0651. The first-order valence-corrected chi connectivity index (χ1v) is 6.43. The zero-order valence-corrected chi connectivity index (χ0v) is 11.5. The van der Waals surface area contributed by atoms with Gasteiger partial charge in [-0.15, -0.1) is 0 Å². The summed E-state index contributed by atoms with van der Waals surface area (Å²) in [7, 11) is 0. The van der Waals surface area contributed by atoms with Gasteiger partial charge in [-0.05, 0) is 19.1 Å². The maximum atomic E-state index is 11.4. The first-order chi connectivity index (χ1) is 9.72. The summed E-state index contributed by atoms with van der Waals surface area (Å²) in [6.45, 7) is 3.43. The molecule has 0 atom stereocenters. The summed E-state index contributed by atoms with van der Waals surface area (Å²) >= 11 is 0. The third-order valence-electron chi connectivity index (χ3n) is 2.30. The fraction of sp³-hybridized carbons (Fsp3) is 0.538. The summed E-state index contributed by atoms with van der Waals surface area (Å²) in [5, 5.41) is 5.07. The van der Waals surface area contributed by atoms with E-state index in [0.717, 1.165) is 0 Å². The van der Waals surface area contributed by atoms with Gasteiger partial charge in [0.25, 0.3) is 0 Å². The van der Waals surface area contributed by atoms with Gasteiger partial charge in [0.1, 0.15) is 12.4 Å². The van der Waals surface area contributed by atoms with Crippen LogP contribution in [0.25, 0.3) is 0 Å². The Morgan fingerprint density at radius 3 is 2.70 bits per heavy atom. The Labute approximate surface area is 117 Å². The van der Waals surface area contributed by atoms with Crippen molar-refractivity contribution in [2.45, 2.75) is 13.5 Å². The number of furan rings is 1. The Morgan fingerprint density at radius 2 is 2.00 bits per heavy atom. The smallest absolute Gasteiger partial charge is 0.246 e. The van der Waals surface area contributed by atoms with Gasteiger partial charge in [0.05, 0.1) is 32.6 Å². The van der Waals surface area contributed by atoms with Crippen LogP contribution in [0, 0.1) is 0 Å². The van der Waals surface area contributed by atoms with Crippen molar-refractivity contribution >= 4 is 11.8 Å². The molecule has 0 aliphatic rings. The fourth-order valence-electron chi connectivity index (χ4n) is 1.32. The van der Waals surface area contributed by atoms with Gasteiger partial charge in [-0.3, -0.25) is 9.59 Å². The van der Waals surface area contributed by atoms with Gasteiger partial charge in [0, 0.05) is 6.61 Å². The minimum Gasteiger partial charge on any atom is -0.467 e. The zero-order chi connectivity index (χ0) is 14.6. The number of carbonyl (C=O) groups excluding carboxylic acids is 2. The Balaban J connectivity index is 2.01. The monoisotopic (exact) mass is 284 g/mol. The third kappa shape index (κ3) is 7.55. The van der Waals surface area contributed by atoms with Gasteiger partial charge >= 0.3 is 0 Å². The molecule has 0 radical (unpaired) electrons. The molecule has 0 fully saturated rings. The van der Waals surface area contributed by atoms with Crippen molar-refractivity contribution in [1.29, 1.82) is 0 Å². The first kappa shape index (κ1) is 16.2. The molecule has 0 saturated heterocycles. The van der Waals surface area contributed by atoms with Crippen molar-refractivity contribution in [3.8, 4) is 0 Å². The van der Waals surface area contributed by atoms with Crippen molar-refractivity contribution in [2.24, 2.45) is 0 Å². The van der Waals surface area contributed by atoms with Crippen LogP contribution in [0.2, 0.25) is 0 Å². The molecule has 0 aliphatic heterocycles. The van der Waals surface area contributed by atoms with E-state index < -0.39 is 0 Å². The fourth-order valence-corrected chi connectivity index (χ4v) is 1.32. The van der Waals surface area contributed by atoms with Gasteiger partial charge in [0.15, 0.2) is 0 Å². The molecule has 0 spiro atoms. The number of nitrogens with one attached hydrogen (secondary N) is 2. The van der Waals surface area contributed by atoms with Crippen LogP contribution in [-0.4, -0.2) is 44.8 Å². The lowest BCUT2D eigenvalue weighted by molar-refractivity contribution is -0.129. The van der Waals surface area contributed by atoms with E-state index in [9.17, 15) is 9.59 Å². The number of rotatable bonds is 10. The molecule has 20 heavy (non-hydrogen) atoms. The van der Waals surface area contributed by atoms with Crippen molar-refractivity contribution < 1.29 is 23.5 Å². The molecule has 0 aliphatic carbocycles. The van der Waals surface area contributed by atoms with Gasteiger partial charge in [-0.25, -0.2) is 0 Å². The molecule has 0 bridgehead atoms. The van der Waals surface area contributed by atoms with Crippen molar-refractivity contribution in [1.82, 2.24) is 10.6 Å². The molecule has 0 saturated carbocycles. The summed E-state index contributed by atoms with van der Waals surface area (Å²) < 4.78 is 15.2. The normalized spacial score (nSPS) is 10.2. The highest BCUT2D eigenvalue weighted by molar-refractivity contribution is 5.85. The van der Waals surface area contributed by atoms with E-state index in [2.05, 4.69) is 10.6 Å². The zero-order valence-electron chi connectivity index (χ0n) is 11.5. The van der Waals surface area contributed by atoms with Crippen LogP contribution in [0.5, 0.6) is 0 Å². The van der Waals surface area contributed by atoms with E-state index in [1.165, 1.54) is 6.26 Å². The average Bonchev–Trinajstić information content (AvgIpc) is 2.96. The SMILES string of the molecule is CCOCCOCC(=O)NCC(=O)NCc1ccco1. The van der Waals surface area contributed by atoms with Crippen LogP contribution in [0.3, 0.4) is 0 Å². The quantitative estimate of drug-likeness (QED) is 0.593. The largest absolute Gasteiger partial charge is 0.467 e. The topological polar surface area (TPSA) is 89.8 Å². The van der Waals surface area contributed by atoms with Crippen molar-refractivity contribution in [3.05, 3.63) is 24.2 Å². The first-order valence-electron chi connectivity index (χ1n) is 6.43. The Kier molecular flexibility index (Phi) is 8.09. The van der Waals surface area contributed by atoms with Gasteiger partial charge in [-0.2, -0.15) is 0 Å². The number of hydrogen-bond acceptors (Lipinski definition) is 5. The Morgan fingerprint density at radius 1 is 1.20 bits per heavy atom. The molecule has 0 unspecified atom stereocenters. The summed E-state index contributed by atoms with van der Waals surface area (Å²) in [5.41, 5.74) is 0. The second-order valence-electron chi connectivity index (χ2n) is 3.88. The van der Waals surface area contributed by atoms with E-state index in [4.69, 9.17) is 13.9 Å². The highest BCUT2D eigenvalue weighted by Crippen LogP contribution is 1.97. The number of ether oxygens (including phenoxy) is 2. The maximum absolute atomic E-state index is 11.4. The molecule has 112 valence electrons. The predicted molar refractivity (Wildman–Crippen MR) is 70.9 cm³/mol. The lowest BCUT2D eigenvalue weighted by atomic mass is 10.4. The van der Waals surface area contributed by atoms with E-state index in [0.29, 0.717) is 32.1 Å². The van der Waals surface area contributed by atoms with Crippen LogP contribution in [0.4, 0.5) is 0 Å². The summed E-state index contributed by atoms with van der Waals surface area (Å²) in [6, 6.07) is 3.49. The van der Waals surface area contributed by atoms with Crippen molar-refractivity contribution in [3.63, 3.8) is 0 Å². The van der Waals surface area contributed by atoms with E-state index >= 15 is 0 Å². The van der Waals surface area contributed by atoms with Crippen LogP contribution in [-0.2, 0) is 25.6 Å². The highest BCUT2D eigenvalue weighted by Gasteiger charge is 2.06. The van der Waals surface area contributed by atoms with E-state index in [-0.39, 0.29) is 25.0 Å². The number of hydrogen-bond donors (Lipinski definition) is 2. The second-order valence-corrected chi connectivity index (χ2v) is 3.88. The summed E-state index contributed by atoms with van der Waals surface area (Å²) in [6.07, 6.45) is 1.53. The molecular formula is C13H20N2O5. The van der Waals surface area contributed by atoms with Crippen LogP contribution < -0.4 is 10.6 Å². The third-order valence-corrected chi connectivity index (χ3v) is 2.30. The molecule has 7 heteroatoms. The molecule has 7 nitrogen and oxygen atoms in total. The van der Waals surface area contributed by atoms with E-state index in [1.807, 2.05) is 6.92 Å². The standard InChI is InChI=1S/C13H20N2O5/c1-2-18-6-7-19-10-13(17)15-9-12(16)14-8-11-4-3-5-20-11/h3-5H,2,6-10H2,1H3,(H,14,16)(H,15,17). The Bertz CT molecular complexity index is 391. The Hall–Kier alpha value is -1.86. The number of amides is 2. The average molecular weight is 284 g/mol. The van der Waals surface area contributed by atoms with Crippen molar-refractivity contribution in [2.75, 3.05) is 33.0 Å². The minimum absolute atomic E-state index is 0.0848. The molecule has 2 N–H and O–H groups in total. The molecule has 2 amide bonds. The van der Waals surface area contributed by atoms with E-state index in [1.54, 1.807) is 12.1 Å². The second kappa shape index (κ2) is 9.99. The molecular weight excluding hydrogens is 264 g/mol. The maximum Gasteiger partial charge on any atom is 0.246 e. The van der Waals surface area contributed by atoms with Crippen LogP contribution >= 0.6 is 0 Å². The molecule has 1 aromatic heterocycles. The van der Waals surface area contributed by atoms with Crippen LogP contribution in [0.1, 0.15) is 12.7 Å². The molecule has 1 aromatic rings. The number of carbonyl (C=O) groups is 2. The van der Waals surface area contributed by atoms with Gasteiger partial charge in [0.2, 0.25) is 11.8 Å². The lowest BCUT2D eigenvalue weighted by Gasteiger charge is -2.06. The molecule has 0 aromatic carbocycles. The molecule has 1 heterocycles.